The molecule has 0 saturated heterocycles. The molecule has 106 valence electrons. The van der Waals surface area contributed by atoms with Gasteiger partial charge in [-0.05, 0) is 12.1 Å². The highest BCUT2D eigenvalue weighted by atomic mass is 16.4. The molecule has 4 nitrogen and oxygen atoms in total. The SMILES string of the molecule is CN(C)c1cccc2oc(-c3ccccc3)c(O)c(=O)c12. The van der Waals surface area contributed by atoms with Gasteiger partial charge in [-0.15, -0.1) is 0 Å². The zero-order valence-corrected chi connectivity index (χ0v) is 11.8. The van der Waals surface area contributed by atoms with Gasteiger partial charge in [0.15, 0.2) is 5.76 Å². The Labute approximate surface area is 121 Å². The molecular formula is C17H15NO3. The number of rotatable bonds is 2. The zero-order valence-electron chi connectivity index (χ0n) is 11.8. The molecule has 0 saturated carbocycles. The number of aromatic hydroxyl groups is 1. The van der Waals surface area contributed by atoms with E-state index in [0.29, 0.717) is 16.5 Å². The van der Waals surface area contributed by atoms with E-state index in [1.54, 1.807) is 18.2 Å². The van der Waals surface area contributed by atoms with Crippen molar-refractivity contribution in [1.29, 1.82) is 0 Å². The highest BCUT2D eigenvalue weighted by Gasteiger charge is 2.17. The summed E-state index contributed by atoms with van der Waals surface area (Å²) >= 11 is 0. The Morgan fingerprint density at radius 2 is 1.71 bits per heavy atom. The second-order valence-corrected chi connectivity index (χ2v) is 5.02. The molecule has 0 radical (unpaired) electrons. The summed E-state index contributed by atoms with van der Waals surface area (Å²) in [6.45, 7) is 0. The first kappa shape index (κ1) is 13.2. The fraction of sp³-hybridized carbons (Fsp3) is 0.118. The van der Waals surface area contributed by atoms with Crippen LogP contribution in [0.1, 0.15) is 0 Å². The zero-order chi connectivity index (χ0) is 15.0. The average molecular weight is 281 g/mol. The van der Waals surface area contributed by atoms with Crippen LogP contribution in [0.25, 0.3) is 22.3 Å². The summed E-state index contributed by atoms with van der Waals surface area (Å²) in [5.41, 5.74) is 1.43. The van der Waals surface area contributed by atoms with E-state index in [9.17, 15) is 9.90 Å². The maximum atomic E-state index is 12.5. The summed E-state index contributed by atoms with van der Waals surface area (Å²) in [7, 11) is 3.69. The first-order chi connectivity index (χ1) is 10.1. The Hall–Kier alpha value is -2.75. The van der Waals surface area contributed by atoms with E-state index in [0.717, 1.165) is 5.69 Å². The molecule has 0 aliphatic rings. The molecule has 0 aliphatic carbocycles. The fourth-order valence-corrected chi connectivity index (χ4v) is 2.37. The van der Waals surface area contributed by atoms with Crippen molar-refractivity contribution in [3.63, 3.8) is 0 Å². The number of anilines is 1. The van der Waals surface area contributed by atoms with Gasteiger partial charge in [-0.25, -0.2) is 0 Å². The van der Waals surface area contributed by atoms with Crippen molar-refractivity contribution >= 4 is 16.7 Å². The molecule has 21 heavy (non-hydrogen) atoms. The lowest BCUT2D eigenvalue weighted by molar-refractivity contribution is 0.449. The molecule has 1 heterocycles. The summed E-state index contributed by atoms with van der Waals surface area (Å²) in [6.07, 6.45) is 0. The van der Waals surface area contributed by atoms with Gasteiger partial charge in [0.25, 0.3) is 0 Å². The number of nitrogens with zero attached hydrogens (tertiary/aromatic N) is 1. The van der Waals surface area contributed by atoms with Crippen LogP contribution in [-0.4, -0.2) is 19.2 Å². The third-order valence-corrected chi connectivity index (χ3v) is 3.39. The van der Waals surface area contributed by atoms with Crippen LogP contribution in [0.15, 0.2) is 57.7 Å². The van der Waals surface area contributed by atoms with Gasteiger partial charge >= 0.3 is 0 Å². The van der Waals surface area contributed by atoms with Crippen LogP contribution in [0.4, 0.5) is 5.69 Å². The number of fused-ring (bicyclic) bond motifs is 1. The van der Waals surface area contributed by atoms with Crippen LogP contribution >= 0.6 is 0 Å². The molecule has 0 spiro atoms. The predicted octanol–water partition coefficient (Wildman–Crippen LogP) is 3.23. The van der Waals surface area contributed by atoms with Crippen molar-refractivity contribution in [2.75, 3.05) is 19.0 Å². The van der Waals surface area contributed by atoms with E-state index in [1.807, 2.05) is 49.3 Å². The number of hydrogen-bond donors (Lipinski definition) is 1. The predicted molar refractivity (Wildman–Crippen MR) is 83.9 cm³/mol. The van der Waals surface area contributed by atoms with Gasteiger partial charge in [-0.3, -0.25) is 4.79 Å². The van der Waals surface area contributed by atoms with Gasteiger partial charge in [0.05, 0.1) is 11.1 Å². The van der Waals surface area contributed by atoms with Crippen LogP contribution in [0, 0.1) is 0 Å². The third kappa shape index (κ3) is 2.14. The molecule has 0 bridgehead atoms. The summed E-state index contributed by atoms with van der Waals surface area (Å²) in [6, 6.07) is 14.5. The third-order valence-electron chi connectivity index (χ3n) is 3.39. The largest absolute Gasteiger partial charge is 0.502 e. The Balaban J connectivity index is 2.38. The Bertz CT molecular complexity index is 851. The maximum Gasteiger partial charge on any atom is 0.237 e. The minimum absolute atomic E-state index is 0.198. The smallest absolute Gasteiger partial charge is 0.237 e. The Morgan fingerprint density at radius 1 is 1.00 bits per heavy atom. The van der Waals surface area contributed by atoms with Crippen LogP contribution in [0.5, 0.6) is 5.75 Å². The molecular weight excluding hydrogens is 266 g/mol. The standard InChI is InChI=1S/C17H15NO3/c1-18(2)12-9-6-10-13-14(12)15(19)16(20)17(21-13)11-7-4-3-5-8-11/h3-10,20H,1-2H3. The van der Waals surface area contributed by atoms with Crippen LogP contribution < -0.4 is 10.3 Å². The molecule has 0 atom stereocenters. The van der Waals surface area contributed by atoms with Gasteiger partial charge in [-0.1, -0.05) is 36.4 Å². The quantitative estimate of drug-likeness (QED) is 0.783. The van der Waals surface area contributed by atoms with Gasteiger partial charge in [0.1, 0.15) is 5.58 Å². The second kappa shape index (κ2) is 4.98. The van der Waals surface area contributed by atoms with Crippen molar-refractivity contribution in [3.8, 4) is 17.1 Å². The molecule has 3 rings (SSSR count). The highest BCUT2D eigenvalue weighted by Crippen LogP contribution is 2.32. The van der Waals surface area contributed by atoms with Gasteiger partial charge in [0.2, 0.25) is 11.2 Å². The van der Waals surface area contributed by atoms with Gasteiger partial charge in [-0.2, -0.15) is 0 Å². The lowest BCUT2D eigenvalue weighted by Gasteiger charge is -2.15. The summed E-state index contributed by atoms with van der Waals surface area (Å²) in [5.74, 6) is -0.160. The lowest BCUT2D eigenvalue weighted by Crippen LogP contribution is -2.13. The average Bonchev–Trinajstić information content (AvgIpc) is 2.51. The van der Waals surface area contributed by atoms with E-state index >= 15 is 0 Å². The summed E-state index contributed by atoms with van der Waals surface area (Å²) in [5, 5.41) is 10.6. The maximum absolute atomic E-state index is 12.5. The fourth-order valence-electron chi connectivity index (χ4n) is 2.37. The lowest BCUT2D eigenvalue weighted by atomic mass is 10.1. The number of hydrogen-bond acceptors (Lipinski definition) is 4. The van der Waals surface area contributed by atoms with Crippen molar-refractivity contribution < 1.29 is 9.52 Å². The van der Waals surface area contributed by atoms with Gasteiger partial charge in [0, 0.05) is 19.7 Å². The minimum Gasteiger partial charge on any atom is -0.502 e. The molecule has 1 aromatic heterocycles. The monoisotopic (exact) mass is 281 g/mol. The molecule has 0 fully saturated rings. The molecule has 0 aliphatic heterocycles. The van der Waals surface area contributed by atoms with Crippen molar-refractivity contribution in [2.24, 2.45) is 0 Å². The van der Waals surface area contributed by atoms with Crippen LogP contribution in [0.3, 0.4) is 0 Å². The molecule has 2 aromatic carbocycles. The summed E-state index contributed by atoms with van der Waals surface area (Å²) in [4.78, 5) is 14.3. The molecule has 3 aromatic rings. The van der Waals surface area contributed by atoms with Crippen molar-refractivity contribution in [3.05, 3.63) is 58.8 Å². The molecule has 4 heteroatoms. The van der Waals surface area contributed by atoms with E-state index in [2.05, 4.69) is 0 Å². The Kier molecular flexibility index (Phi) is 3.14. The highest BCUT2D eigenvalue weighted by molar-refractivity contribution is 5.92. The second-order valence-electron chi connectivity index (χ2n) is 5.02. The van der Waals surface area contributed by atoms with E-state index in [1.165, 1.54) is 0 Å². The normalized spacial score (nSPS) is 10.8. The first-order valence-corrected chi connectivity index (χ1v) is 6.61. The van der Waals surface area contributed by atoms with E-state index < -0.39 is 5.43 Å². The molecule has 0 unspecified atom stereocenters. The van der Waals surface area contributed by atoms with Crippen LogP contribution in [-0.2, 0) is 0 Å². The van der Waals surface area contributed by atoms with Crippen molar-refractivity contribution in [2.45, 2.75) is 0 Å². The van der Waals surface area contributed by atoms with Crippen LogP contribution in [0.2, 0.25) is 0 Å². The van der Waals surface area contributed by atoms with Crippen molar-refractivity contribution in [1.82, 2.24) is 0 Å². The first-order valence-electron chi connectivity index (χ1n) is 6.61. The molecule has 0 amide bonds. The van der Waals surface area contributed by atoms with E-state index in [4.69, 9.17) is 4.42 Å². The van der Waals surface area contributed by atoms with Gasteiger partial charge < -0.3 is 14.4 Å². The minimum atomic E-state index is -0.417. The molecule has 1 N–H and O–H groups in total. The topological polar surface area (TPSA) is 53.7 Å². The summed E-state index contributed by atoms with van der Waals surface area (Å²) < 4.78 is 5.77. The Morgan fingerprint density at radius 3 is 2.38 bits per heavy atom. The van der Waals surface area contributed by atoms with E-state index in [-0.39, 0.29) is 11.5 Å². The number of benzene rings is 2.